The smallest absolute Gasteiger partial charge is 0.137 e. The molecule has 2 fully saturated rings. The number of ketones is 1. The molecule has 0 spiro atoms. The van der Waals surface area contributed by atoms with E-state index < -0.39 is 0 Å². The van der Waals surface area contributed by atoms with Crippen LogP contribution >= 0.6 is 0 Å². The molecule has 1 heterocycles. The first kappa shape index (κ1) is 13.0. The number of carbonyl (C=O) groups is 1. The van der Waals surface area contributed by atoms with Gasteiger partial charge in [-0.2, -0.15) is 0 Å². The number of Topliss-reactive ketones (excluding diaryl/α,β-unsaturated/α-hetero) is 1. The average Bonchev–Trinajstić information content (AvgIpc) is 2.79. The Morgan fingerprint density at radius 3 is 2.94 bits per heavy atom. The van der Waals surface area contributed by atoms with Crippen LogP contribution in [0.5, 0.6) is 0 Å². The number of aliphatic hydroxyl groups excluding tert-OH is 1. The molecule has 3 unspecified atom stereocenters. The Kier molecular flexibility index (Phi) is 4.57. The average molecular weight is 239 g/mol. The SMILES string of the molecule is CCC1CCC(=O)C(CN2CCCC2CO)C1. The molecule has 2 rings (SSSR count). The van der Waals surface area contributed by atoms with Gasteiger partial charge in [0.25, 0.3) is 0 Å². The van der Waals surface area contributed by atoms with Gasteiger partial charge in [-0.15, -0.1) is 0 Å². The summed E-state index contributed by atoms with van der Waals surface area (Å²) in [5.74, 6) is 1.44. The molecule has 0 bridgehead atoms. The van der Waals surface area contributed by atoms with Crippen molar-refractivity contribution in [2.75, 3.05) is 19.7 Å². The predicted molar refractivity (Wildman–Crippen MR) is 67.8 cm³/mol. The standard InChI is InChI=1S/C14H25NO2/c1-2-11-5-6-14(17)12(8-11)9-15-7-3-4-13(15)10-16/h11-13,16H,2-10H2,1H3. The lowest BCUT2D eigenvalue weighted by atomic mass is 9.79. The number of carbonyl (C=O) groups excluding carboxylic acids is 1. The van der Waals surface area contributed by atoms with Crippen LogP contribution in [-0.4, -0.2) is 41.5 Å². The molecule has 1 saturated heterocycles. The summed E-state index contributed by atoms with van der Waals surface area (Å²) in [5, 5.41) is 9.30. The highest BCUT2D eigenvalue weighted by Crippen LogP contribution is 2.30. The molecule has 0 radical (unpaired) electrons. The summed E-state index contributed by atoms with van der Waals surface area (Å²) < 4.78 is 0. The fraction of sp³-hybridized carbons (Fsp3) is 0.929. The molecule has 0 aromatic rings. The summed E-state index contributed by atoms with van der Waals surface area (Å²) in [6.07, 6.45) is 6.41. The third-order valence-electron chi connectivity index (χ3n) is 4.61. The lowest BCUT2D eigenvalue weighted by molar-refractivity contribution is -0.126. The van der Waals surface area contributed by atoms with Crippen LogP contribution < -0.4 is 0 Å². The number of likely N-dealkylation sites (tertiary alicyclic amines) is 1. The van der Waals surface area contributed by atoms with Crippen molar-refractivity contribution >= 4 is 5.78 Å². The Morgan fingerprint density at radius 2 is 2.24 bits per heavy atom. The summed E-state index contributed by atoms with van der Waals surface area (Å²) in [6.45, 7) is 4.42. The Labute approximate surface area is 104 Å². The second-order valence-corrected chi connectivity index (χ2v) is 5.69. The minimum atomic E-state index is 0.237. The summed E-state index contributed by atoms with van der Waals surface area (Å²) in [6, 6.07) is 0.310. The van der Waals surface area contributed by atoms with Crippen molar-refractivity contribution in [1.29, 1.82) is 0 Å². The maximum absolute atomic E-state index is 11.9. The monoisotopic (exact) mass is 239 g/mol. The quantitative estimate of drug-likeness (QED) is 0.814. The number of rotatable bonds is 4. The second kappa shape index (κ2) is 5.96. The lowest BCUT2D eigenvalue weighted by Gasteiger charge is -2.32. The van der Waals surface area contributed by atoms with Gasteiger partial charge in [0.15, 0.2) is 0 Å². The molecule has 98 valence electrons. The molecule has 17 heavy (non-hydrogen) atoms. The van der Waals surface area contributed by atoms with Crippen molar-refractivity contribution in [1.82, 2.24) is 4.90 Å². The third kappa shape index (κ3) is 3.08. The van der Waals surface area contributed by atoms with Gasteiger partial charge < -0.3 is 5.11 Å². The first-order chi connectivity index (χ1) is 8.24. The van der Waals surface area contributed by atoms with E-state index in [1.165, 1.54) is 12.8 Å². The van der Waals surface area contributed by atoms with Gasteiger partial charge >= 0.3 is 0 Å². The van der Waals surface area contributed by atoms with Crippen LogP contribution in [0.15, 0.2) is 0 Å². The molecule has 1 aliphatic heterocycles. The van der Waals surface area contributed by atoms with Gasteiger partial charge in [0.1, 0.15) is 5.78 Å². The van der Waals surface area contributed by atoms with Gasteiger partial charge in [0, 0.05) is 24.9 Å². The van der Waals surface area contributed by atoms with Gasteiger partial charge in [-0.05, 0) is 38.1 Å². The van der Waals surface area contributed by atoms with Crippen LogP contribution in [0.1, 0.15) is 45.4 Å². The van der Waals surface area contributed by atoms with Crippen molar-refractivity contribution in [3.05, 3.63) is 0 Å². The Balaban J connectivity index is 1.90. The molecule has 3 nitrogen and oxygen atoms in total. The minimum absolute atomic E-state index is 0.237. The molecule has 0 amide bonds. The third-order valence-corrected chi connectivity index (χ3v) is 4.61. The normalized spacial score (nSPS) is 35.4. The topological polar surface area (TPSA) is 40.5 Å². The molecule has 1 saturated carbocycles. The van der Waals surface area contributed by atoms with E-state index in [9.17, 15) is 9.90 Å². The molecule has 2 aliphatic rings. The summed E-state index contributed by atoms with van der Waals surface area (Å²) in [4.78, 5) is 14.3. The van der Waals surface area contributed by atoms with E-state index in [0.29, 0.717) is 11.8 Å². The minimum Gasteiger partial charge on any atom is -0.395 e. The zero-order valence-corrected chi connectivity index (χ0v) is 10.9. The summed E-state index contributed by atoms with van der Waals surface area (Å²) >= 11 is 0. The van der Waals surface area contributed by atoms with Crippen LogP contribution in [0.25, 0.3) is 0 Å². The van der Waals surface area contributed by atoms with Gasteiger partial charge in [-0.25, -0.2) is 0 Å². The van der Waals surface area contributed by atoms with E-state index in [0.717, 1.165) is 44.7 Å². The maximum Gasteiger partial charge on any atom is 0.137 e. The van der Waals surface area contributed by atoms with Crippen molar-refractivity contribution in [3.63, 3.8) is 0 Å². The number of hydrogen-bond acceptors (Lipinski definition) is 3. The highest BCUT2D eigenvalue weighted by Gasteiger charge is 2.32. The maximum atomic E-state index is 11.9. The van der Waals surface area contributed by atoms with Gasteiger partial charge in [-0.1, -0.05) is 13.3 Å². The lowest BCUT2D eigenvalue weighted by Crippen LogP contribution is -2.40. The molecule has 3 heteroatoms. The van der Waals surface area contributed by atoms with Crippen LogP contribution in [0.4, 0.5) is 0 Å². The van der Waals surface area contributed by atoms with Crippen molar-refractivity contribution < 1.29 is 9.90 Å². The number of aliphatic hydroxyl groups is 1. The van der Waals surface area contributed by atoms with E-state index in [2.05, 4.69) is 11.8 Å². The van der Waals surface area contributed by atoms with E-state index in [1.54, 1.807) is 0 Å². The van der Waals surface area contributed by atoms with E-state index in [1.807, 2.05) is 0 Å². The summed E-state index contributed by atoms with van der Waals surface area (Å²) in [7, 11) is 0. The number of hydrogen-bond donors (Lipinski definition) is 1. The Bertz CT molecular complexity index is 267. The molecule has 3 atom stereocenters. The summed E-state index contributed by atoms with van der Waals surface area (Å²) in [5.41, 5.74) is 0. The predicted octanol–water partition coefficient (Wildman–Crippen LogP) is 1.84. The van der Waals surface area contributed by atoms with Crippen molar-refractivity contribution in [2.24, 2.45) is 11.8 Å². The van der Waals surface area contributed by atoms with Gasteiger partial charge in [-0.3, -0.25) is 9.69 Å². The Hall–Kier alpha value is -0.410. The van der Waals surface area contributed by atoms with E-state index in [4.69, 9.17) is 0 Å². The van der Waals surface area contributed by atoms with E-state index in [-0.39, 0.29) is 12.5 Å². The molecular weight excluding hydrogens is 214 g/mol. The zero-order valence-electron chi connectivity index (χ0n) is 10.9. The Morgan fingerprint density at radius 1 is 1.41 bits per heavy atom. The fourth-order valence-corrected chi connectivity index (χ4v) is 3.37. The van der Waals surface area contributed by atoms with Crippen LogP contribution in [0.3, 0.4) is 0 Å². The molecule has 1 aliphatic carbocycles. The molecule has 0 aromatic carbocycles. The molecule has 0 aromatic heterocycles. The van der Waals surface area contributed by atoms with Crippen molar-refractivity contribution in [3.8, 4) is 0 Å². The highest BCUT2D eigenvalue weighted by molar-refractivity contribution is 5.81. The first-order valence-electron chi connectivity index (χ1n) is 7.12. The largest absolute Gasteiger partial charge is 0.395 e. The fourth-order valence-electron chi connectivity index (χ4n) is 3.37. The highest BCUT2D eigenvalue weighted by atomic mass is 16.3. The zero-order chi connectivity index (χ0) is 12.3. The van der Waals surface area contributed by atoms with E-state index >= 15 is 0 Å². The van der Waals surface area contributed by atoms with Crippen molar-refractivity contribution in [2.45, 2.75) is 51.5 Å². The van der Waals surface area contributed by atoms with Crippen LogP contribution in [-0.2, 0) is 4.79 Å². The van der Waals surface area contributed by atoms with Crippen LogP contribution in [0.2, 0.25) is 0 Å². The van der Waals surface area contributed by atoms with Gasteiger partial charge in [0.05, 0.1) is 6.61 Å². The second-order valence-electron chi connectivity index (χ2n) is 5.69. The van der Waals surface area contributed by atoms with Gasteiger partial charge in [0.2, 0.25) is 0 Å². The molecule has 1 N–H and O–H groups in total. The molecular formula is C14H25NO2. The van der Waals surface area contributed by atoms with Crippen LogP contribution in [0, 0.1) is 11.8 Å². The first-order valence-corrected chi connectivity index (χ1v) is 7.12. The number of nitrogens with zero attached hydrogens (tertiary/aromatic N) is 1.